The number of esters is 1. The maximum Gasteiger partial charge on any atom is 0.315 e. The van der Waals surface area contributed by atoms with Crippen LogP contribution in [0.5, 0.6) is 0 Å². The topological polar surface area (TPSA) is 67.1 Å². The van der Waals surface area contributed by atoms with Crippen LogP contribution in [-0.4, -0.2) is 33.9 Å². The minimum absolute atomic E-state index is 0. The Balaban J connectivity index is 0.00000180. The van der Waals surface area contributed by atoms with Gasteiger partial charge in [0.05, 0.1) is 25.2 Å². The van der Waals surface area contributed by atoms with E-state index in [2.05, 4.69) is 20.1 Å². The fraction of sp³-hybridized carbons (Fsp3) is 0.167. The molecule has 0 saturated carbocycles. The summed E-state index contributed by atoms with van der Waals surface area (Å²) in [5.74, 6) is -0.283. The number of allylic oxidation sites excluding steroid dienone is 2. The zero-order valence-corrected chi connectivity index (χ0v) is 11.0. The molecule has 1 N–H and O–H groups in total. The van der Waals surface area contributed by atoms with Gasteiger partial charge in [0, 0.05) is 24.0 Å². The molecule has 2 heterocycles. The van der Waals surface area contributed by atoms with Gasteiger partial charge >= 0.3 is 5.97 Å². The summed E-state index contributed by atoms with van der Waals surface area (Å²) in [6.07, 6.45) is 12.3. The van der Waals surface area contributed by atoms with Gasteiger partial charge in [-0.15, -0.1) is 0 Å². The summed E-state index contributed by atoms with van der Waals surface area (Å²) in [7, 11) is 1.36. The molecule has 0 unspecified atom stereocenters. The standard InChI is InChI=1S/C12H13N4O2.ClH/c1-18-12(17)3-7-16-6-2-10(8-15-16)11-9-13-4-5-14-11;/h2,4-9,15H,3H2,1H3;1H/q+1;/p-1. The summed E-state index contributed by atoms with van der Waals surface area (Å²) in [5, 5.41) is 0. The molecule has 0 bridgehead atoms. The number of hydrogen-bond acceptors (Lipinski definition) is 5. The summed E-state index contributed by atoms with van der Waals surface area (Å²) in [4.78, 5) is 19.2. The third kappa shape index (κ3) is 4.18. The van der Waals surface area contributed by atoms with Crippen LogP contribution in [0.1, 0.15) is 12.1 Å². The lowest BCUT2D eigenvalue weighted by atomic mass is 10.2. The Hall–Kier alpha value is -2.21. The van der Waals surface area contributed by atoms with Gasteiger partial charge in [-0.25, -0.2) is 0 Å². The lowest BCUT2D eigenvalue weighted by Gasteiger charge is -2.05. The predicted octanol–water partition coefficient (Wildman–Crippen LogP) is -2.50. The average molecular weight is 281 g/mol. The Morgan fingerprint density at radius 2 is 2.37 bits per heavy atom. The molecule has 0 saturated heterocycles. The Morgan fingerprint density at radius 1 is 1.53 bits per heavy atom. The van der Waals surface area contributed by atoms with E-state index in [4.69, 9.17) is 0 Å². The molecule has 0 spiro atoms. The largest absolute Gasteiger partial charge is 1.00 e. The van der Waals surface area contributed by atoms with E-state index in [0.29, 0.717) is 0 Å². The van der Waals surface area contributed by atoms with Crippen molar-refractivity contribution in [1.29, 1.82) is 0 Å². The number of methoxy groups -OCH3 is 1. The first-order valence-electron chi connectivity index (χ1n) is 5.39. The molecule has 1 aromatic rings. The zero-order chi connectivity index (χ0) is 12.8. The van der Waals surface area contributed by atoms with E-state index in [-0.39, 0.29) is 24.8 Å². The number of aromatic nitrogens is 2. The molecule has 2 rings (SSSR count). The van der Waals surface area contributed by atoms with Crippen LogP contribution in [0.25, 0.3) is 5.57 Å². The van der Waals surface area contributed by atoms with Crippen molar-refractivity contribution >= 4 is 17.8 Å². The SMILES string of the molecule is COC(=O)CC=[N+]1C=CC(c2cnccn2)=CN1.[Cl-]. The molecule has 1 aliphatic rings. The zero-order valence-electron chi connectivity index (χ0n) is 10.3. The van der Waals surface area contributed by atoms with Crippen LogP contribution in [0.3, 0.4) is 0 Å². The predicted molar refractivity (Wildman–Crippen MR) is 65.2 cm³/mol. The van der Waals surface area contributed by atoms with Gasteiger partial charge < -0.3 is 17.1 Å². The van der Waals surface area contributed by atoms with Crippen LogP contribution in [0.2, 0.25) is 0 Å². The Kier molecular flexibility index (Phi) is 5.69. The average Bonchev–Trinajstić information content (AvgIpc) is 2.46. The van der Waals surface area contributed by atoms with Crippen LogP contribution in [-0.2, 0) is 9.53 Å². The minimum atomic E-state index is -0.283. The Labute approximate surface area is 116 Å². The molecule has 7 heteroatoms. The van der Waals surface area contributed by atoms with Gasteiger partial charge in [0.2, 0.25) is 0 Å². The lowest BCUT2D eigenvalue weighted by molar-refractivity contribution is -0.507. The fourth-order valence-corrected chi connectivity index (χ4v) is 1.37. The second-order valence-electron chi connectivity index (χ2n) is 3.51. The highest BCUT2D eigenvalue weighted by Crippen LogP contribution is 2.12. The van der Waals surface area contributed by atoms with Crippen LogP contribution >= 0.6 is 0 Å². The van der Waals surface area contributed by atoms with Crippen molar-refractivity contribution in [3.63, 3.8) is 0 Å². The van der Waals surface area contributed by atoms with Crippen LogP contribution in [0.15, 0.2) is 37.1 Å². The number of nitrogens with zero attached hydrogens (tertiary/aromatic N) is 3. The molecular formula is C12H13ClN4O2. The first-order valence-corrected chi connectivity index (χ1v) is 5.39. The van der Waals surface area contributed by atoms with E-state index < -0.39 is 0 Å². The van der Waals surface area contributed by atoms with Gasteiger partial charge in [0.15, 0.2) is 12.4 Å². The molecule has 1 aliphatic heterocycles. The smallest absolute Gasteiger partial charge is 0.315 e. The van der Waals surface area contributed by atoms with Crippen molar-refractivity contribution < 1.29 is 26.6 Å². The monoisotopic (exact) mass is 280 g/mol. The second-order valence-corrected chi connectivity index (χ2v) is 3.51. The number of nitrogens with one attached hydrogen (secondary N) is 1. The summed E-state index contributed by atoms with van der Waals surface area (Å²) < 4.78 is 6.23. The number of halogens is 1. The van der Waals surface area contributed by atoms with E-state index in [1.54, 1.807) is 41.9 Å². The first kappa shape index (κ1) is 14.8. The molecule has 1 aromatic heterocycles. The van der Waals surface area contributed by atoms with Crippen molar-refractivity contribution in [2.45, 2.75) is 6.42 Å². The quantitative estimate of drug-likeness (QED) is 0.490. The number of hydrogen-bond donors (Lipinski definition) is 1. The molecule has 0 amide bonds. The lowest BCUT2D eigenvalue weighted by Crippen LogP contribution is -3.00. The summed E-state index contributed by atoms with van der Waals surface area (Å²) in [6, 6.07) is 0. The number of carbonyl (C=O) groups excluding carboxylic acids is 1. The van der Waals surface area contributed by atoms with E-state index in [1.807, 2.05) is 6.08 Å². The first-order chi connectivity index (χ1) is 8.79. The number of ether oxygens (including phenoxy) is 1. The highest BCUT2D eigenvalue weighted by atomic mass is 35.5. The van der Waals surface area contributed by atoms with Crippen molar-refractivity contribution in [2.75, 3.05) is 7.11 Å². The second kappa shape index (κ2) is 7.27. The van der Waals surface area contributed by atoms with E-state index in [0.717, 1.165) is 11.3 Å². The van der Waals surface area contributed by atoms with Gasteiger partial charge in [-0.3, -0.25) is 14.8 Å². The number of hydrazone groups is 1. The Morgan fingerprint density at radius 3 is 2.95 bits per heavy atom. The normalized spacial score (nSPS) is 15.2. The molecule has 0 aliphatic carbocycles. The van der Waals surface area contributed by atoms with Crippen LogP contribution in [0.4, 0.5) is 0 Å². The molecule has 19 heavy (non-hydrogen) atoms. The van der Waals surface area contributed by atoms with Crippen LogP contribution in [0, 0.1) is 0 Å². The summed E-state index contributed by atoms with van der Waals surface area (Å²) in [6.45, 7) is 0. The minimum Gasteiger partial charge on any atom is -1.00 e. The van der Waals surface area contributed by atoms with Crippen molar-refractivity contribution in [3.05, 3.63) is 42.8 Å². The van der Waals surface area contributed by atoms with Gasteiger partial charge in [-0.1, -0.05) is 4.68 Å². The maximum atomic E-state index is 11.0. The molecule has 0 radical (unpaired) electrons. The number of rotatable bonds is 3. The van der Waals surface area contributed by atoms with Crippen molar-refractivity contribution in [1.82, 2.24) is 15.4 Å². The third-order valence-corrected chi connectivity index (χ3v) is 2.33. The molecule has 100 valence electrons. The van der Waals surface area contributed by atoms with E-state index >= 15 is 0 Å². The van der Waals surface area contributed by atoms with Crippen molar-refractivity contribution in [2.24, 2.45) is 0 Å². The molecule has 0 fully saturated rings. The molecule has 0 aromatic carbocycles. The van der Waals surface area contributed by atoms with Crippen LogP contribution < -0.4 is 17.8 Å². The third-order valence-electron chi connectivity index (χ3n) is 2.33. The van der Waals surface area contributed by atoms with Gasteiger partial charge in [0.25, 0.3) is 0 Å². The van der Waals surface area contributed by atoms with E-state index in [1.165, 1.54) is 7.11 Å². The van der Waals surface area contributed by atoms with Gasteiger partial charge in [-0.2, -0.15) is 5.43 Å². The fourth-order valence-electron chi connectivity index (χ4n) is 1.37. The highest BCUT2D eigenvalue weighted by molar-refractivity contribution is 5.84. The summed E-state index contributed by atoms with van der Waals surface area (Å²) >= 11 is 0. The van der Waals surface area contributed by atoms with E-state index in [9.17, 15) is 4.79 Å². The Bertz CT molecular complexity index is 526. The molecule has 6 nitrogen and oxygen atoms in total. The van der Waals surface area contributed by atoms with Gasteiger partial charge in [-0.05, 0) is 0 Å². The summed E-state index contributed by atoms with van der Waals surface area (Å²) in [5.41, 5.74) is 4.71. The number of carbonyl (C=O) groups is 1. The maximum absolute atomic E-state index is 11.0. The number of hydrazine groups is 1. The van der Waals surface area contributed by atoms with Gasteiger partial charge in [0.1, 0.15) is 6.42 Å². The molecule has 0 atom stereocenters. The highest BCUT2D eigenvalue weighted by Gasteiger charge is 2.10. The van der Waals surface area contributed by atoms with Crippen molar-refractivity contribution in [3.8, 4) is 0 Å². The molecular weight excluding hydrogens is 268 g/mol.